The fourth-order valence-electron chi connectivity index (χ4n) is 5.09. The molecule has 0 unspecified atom stereocenters. The Morgan fingerprint density at radius 1 is 1.09 bits per heavy atom. The highest BCUT2D eigenvalue weighted by Crippen LogP contribution is 2.34. The maximum absolute atomic E-state index is 13.0. The number of nitrogens with zero attached hydrogens (tertiary/aromatic N) is 4. The molecule has 0 atom stereocenters. The van der Waals surface area contributed by atoms with Crippen molar-refractivity contribution in [3.63, 3.8) is 0 Å². The number of nitrogens with one attached hydrogen (secondary N) is 1. The molecule has 1 aliphatic heterocycles. The van der Waals surface area contributed by atoms with Crippen LogP contribution in [0.4, 0.5) is 11.5 Å². The SMILES string of the molecule is C=C(O)C1CN(Cc2ccc(NC(=O)c3cc(N(CC4CC4)C4CCCCC4)ncn3)cc2)C1. The summed E-state index contributed by atoms with van der Waals surface area (Å²) in [4.78, 5) is 26.5. The summed E-state index contributed by atoms with van der Waals surface area (Å²) in [5.41, 5.74) is 2.33. The third-order valence-electron chi connectivity index (χ3n) is 7.39. The highest BCUT2D eigenvalue weighted by atomic mass is 16.3. The molecule has 7 heteroatoms. The van der Waals surface area contributed by atoms with Gasteiger partial charge in [0.25, 0.3) is 5.91 Å². The number of likely N-dealkylation sites (tertiary alicyclic amines) is 1. The van der Waals surface area contributed by atoms with Gasteiger partial charge in [0.1, 0.15) is 17.8 Å². The number of carbonyl (C=O) groups is 1. The number of aromatic nitrogens is 2. The van der Waals surface area contributed by atoms with Crippen LogP contribution in [0.5, 0.6) is 0 Å². The van der Waals surface area contributed by atoms with E-state index in [-0.39, 0.29) is 17.6 Å². The van der Waals surface area contributed by atoms with Crippen LogP contribution < -0.4 is 10.2 Å². The molecule has 7 nitrogen and oxygen atoms in total. The van der Waals surface area contributed by atoms with Crippen LogP contribution in [-0.2, 0) is 6.54 Å². The predicted molar refractivity (Wildman–Crippen MR) is 134 cm³/mol. The maximum atomic E-state index is 13.0. The third-order valence-corrected chi connectivity index (χ3v) is 7.39. The van der Waals surface area contributed by atoms with Gasteiger partial charge < -0.3 is 15.3 Å². The monoisotopic (exact) mass is 461 g/mol. The first-order valence-corrected chi connectivity index (χ1v) is 12.6. The first-order chi connectivity index (χ1) is 16.5. The zero-order chi connectivity index (χ0) is 23.5. The molecule has 0 bridgehead atoms. The summed E-state index contributed by atoms with van der Waals surface area (Å²) in [6, 6.07) is 10.3. The van der Waals surface area contributed by atoms with Crippen molar-refractivity contribution < 1.29 is 9.90 Å². The van der Waals surface area contributed by atoms with Gasteiger partial charge in [-0.1, -0.05) is 38.0 Å². The zero-order valence-electron chi connectivity index (χ0n) is 19.8. The van der Waals surface area contributed by atoms with Crippen LogP contribution in [-0.4, -0.2) is 51.6 Å². The average Bonchev–Trinajstić information content (AvgIpc) is 3.65. The summed E-state index contributed by atoms with van der Waals surface area (Å²) in [5, 5.41) is 12.4. The number of hydrogen-bond donors (Lipinski definition) is 2. The number of aliphatic hydroxyl groups excluding tert-OH is 1. The van der Waals surface area contributed by atoms with Gasteiger partial charge in [-0.15, -0.1) is 0 Å². The summed E-state index contributed by atoms with van der Waals surface area (Å²) in [6.45, 7) is 7.15. The van der Waals surface area contributed by atoms with E-state index in [1.807, 2.05) is 30.3 Å². The lowest BCUT2D eigenvalue weighted by molar-refractivity contribution is 0.0863. The molecule has 180 valence electrons. The van der Waals surface area contributed by atoms with E-state index in [0.29, 0.717) is 11.7 Å². The number of aliphatic hydroxyl groups is 1. The molecule has 1 aromatic carbocycles. The predicted octanol–water partition coefficient (Wildman–Crippen LogP) is 4.78. The lowest BCUT2D eigenvalue weighted by Gasteiger charge is -2.38. The van der Waals surface area contributed by atoms with Gasteiger partial charge in [0.2, 0.25) is 0 Å². The summed E-state index contributed by atoms with van der Waals surface area (Å²) in [7, 11) is 0. The summed E-state index contributed by atoms with van der Waals surface area (Å²) >= 11 is 0. The Hall–Kier alpha value is -2.93. The summed E-state index contributed by atoms with van der Waals surface area (Å²) < 4.78 is 0. The van der Waals surface area contributed by atoms with Crippen molar-refractivity contribution in [2.45, 2.75) is 57.5 Å². The Bertz CT molecular complexity index is 1010. The maximum Gasteiger partial charge on any atom is 0.274 e. The minimum absolute atomic E-state index is 0.189. The Labute approximate surface area is 201 Å². The van der Waals surface area contributed by atoms with Crippen molar-refractivity contribution in [3.8, 4) is 0 Å². The first kappa shape index (κ1) is 22.8. The van der Waals surface area contributed by atoms with Gasteiger partial charge in [0.05, 0.1) is 5.76 Å². The molecule has 2 aromatic rings. The number of anilines is 2. The summed E-state index contributed by atoms with van der Waals surface area (Å²) in [5.74, 6) is 1.90. The molecule has 2 N–H and O–H groups in total. The molecule has 5 rings (SSSR count). The summed E-state index contributed by atoms with van der Waals surface area (Å²) in [6.07, 6.45) is 10.4. The van der Waals surface area contributed by atoms with Gasteiger partial charge in [-0.05, 0) is 49.3 Å². The van der Waals surface area contributed by atoms with Crippen LogP contribution in [0.15, 0.2) is 49.0 Å². The minimum Gasteiger partial charge on any atom is -0.513 e. The van der Waals surface area contributed by atoms with E-state index < -0.39 is 0 Å². The standard InChI is InChI=1S/C27H35N5O2/c1-19(33)22-16-31(17-22)14-20-9-11-23(12-10-20)30-27(34)25-13-26(29-18-28-25)32(15-21-7-8-21)24-5-3-2-4-6-24/h9-13,18,21-22,24,33H,1-8,14-17H2,(H,30,34). The van der Waals surface area contributed by atoms with E-state index >= 15 is 0 Å². The molecule has 1 saturated heterocycles. The average molecular weight is 462 g/mol. The Morgan fingerprint density at radius 3 is 2.50 bits per heavy atom. The zero-order valence-corrected chi connectivity index (χ0v) is 19.8. The van der Waals surface area contributed by atoms with Crippen molar-refractivity contribution in [3.05, 3.63) is 60.3 Å². The topological polar surface area (TPSA) is 81.6 Å². The van der Waals surface area contributed by atoms with Crippen LogP contribution in [0, 0.1) is 11.8 Å². The number of rotatable bonds is 9. The van der Waals surface area contributed by atoms with Gasteiger partial charge in [0, 0.05) is 49.9 Å². The molecule has 1 aromatic heterocycles. The molecular formula is C27H35N5O2. The van der Waals surface area contributed by atoms with Gasteiger partial charge in [0.15, 0.2) is 0 Å². The number of carbonyl (C=O) groups excluding carboxylic acids is 1. The van der Waals surface area contributed by atoms with Crippen molar-refractivity contribution in [1.82, 2.24) is 14.9 Å². The van der Waals surface area contributed by atoms with Crippen molar-refractivity contribution >= 4 is 17.4 Å². The molecule has 2 heterocycles. The molecule has 0 radical (unpaired) electrons. The first-order valence-electron chi connectivity index (χ1n) is 12.6. The van der Waals surface area contributed by atoms with Gasteiger partial charge >= 0.3 is 0 Å². The third kappa shape index (κ3) is 5.58. The van der Waals surface area contributed by atoms with Gasteiger partial charge in [-0.2, -0.15) is 0 Å². The highest BCUT2D eigenvalue weighted by molar-refractivity contribution is 6.03. The molecule has 34 heavy (non-hydrogen) atoms. The number of amides is 1. The molecule has 2 aliphatic carbocycles. The number of hydrogen-bond acceptors (Lipinski definition) is 6. The molecule has 2 saturated carbocycles. The lowest BCUT2D eigenvalue weighted by atomic mass is 9.94. The van der Waals surface area contributed by atoms with Crippen molar-refractivity contribution in [2.75, 3.05) is 29.9 Å². The second-order valence-corrected chi connectivity index (χ2v) is 10.2. The van der Waals surface area contributed by atoms with E-state index in [1.54, 1.807) is 0 Å². The normalized spacial score (nSPS) is 19.4. The molecule has 3 aliphatic rings. The quantitative estimate of drug-likeness (QED) is 0.523. The van der Waals surface area contributed by atoms with E-state index in [2.05, 4.69) is 31.7 Å². The van der Waals surface area contributed by atoms with Gasteiger partial charge in [-0.25, -0.2) is 9.97 Å². The second kappa shape index (κ2) is 10.1. The van der Waals surface area contributed by atoms with Crippen molar-refractivity contribution in [2.24, 2.45) is 11.8 Å². The fourth-order valence-corrected chi connectivity index (χ4v) is 5.09. The number of benzene rings is 1. The molecule has 3 fully saturated rings. The largest absolute Gasteiger partial charge is 0.513 e. The Kier molecular flexibility index (Phi) is 6.81. The van der Waals surface area contributed by atoms with Crippen molar-refractivity contribution in [1.29, 1.82) is 0 Å². The fraction of sp³-hybridized carbons (Fsp3) is 0.519. The lowest BCUT2D eigenvalue weighted by Crippen LogP contribution is -2.46. The Balaban J connectivity index is 1.21. The van der Waals surface area contributed by atoms with Crippen LogP contribution in [0.3, 0.4) is 0 Å². The molecule has 1 amide bonds. The van der Waals surface area contributed by atoms with Crippen LogP contribution in [0.1, 0.15) is 61.0 Å². The Morgan fingerprint density at radius 2 is 1.82 bits per heavy atom. The van der Waals surface area contributed by atoms with Crippen LogP contribution in [0.2, 0.25) is 0 Å². The van der Waals surface area contributed by atoms with E-state index in [9.17, 15) is 9.90 Å². The van der Waals surface area contributed by atoms with Gasteiger partial charge in [-0.3, -0.25) is 9.69 Å². The van der Waals surface area contributed by atoms with E-state index in [0.717, 1.165) is 43.6 Å². The molecule has 0 spiro atoms. The smallest absolute Gasteiger partial charge is 0.274 e. The van der Waals surface area contributed by atoms with E-state index in [1.165, 1.54) is 56.8 Å². The van der Waals surface area contributed by atoms with Crippen LogP contribution in [0.25, 0.3) is 0 Å². The second-order valence-electron chi connectivity index (χ2n) is 10.2. The minimum atomic E-state index is -0.210. The van der Waals surface area contributed by atoms with Crippen LogP contribution >= 0.6 is 0 Å². The van der Waals surface area contributed by atoms with E-state index in [4.69, 9.17) is 0 Å². The highest BCUT2D eigenvalue weighted by Gasteiger charge is 2.30. The molecular weight excluding hydrogens is 426 g/mol.